The molecule has 1 aromatic carbocycles. The maximum absolute atomic E-state index is 12.6. The first-order valence-corrected chi connectivity index (χ1v) is 10.1. The Kier molecular flexibility index (Phi) is 5.28. The van der Waals surface area contributed by atoms with Crippen molar-refractivity contribution in [3.63, 3.8) is 0 Å². The molecule has 3 aliphatic heterocycles. The summed E-state index contributed by atoms with van der Waals surface area (Å²) >= 11 is 0. The van der Waals surface area contributed by atoms with Crippen LogP contribution >= 0.6 is 0 Å². The second-order valence-electron chi connectivity index (χ2n) is 7.99. The lowest BCUT2D eigenvalue weighted by Crippen LogP contribution is -2.53. The maximum atomic E-state index is 12.6. The number of aliphatic hydroxyl groups is 1. The van der Waals surface area contributed by atoms with Crippen LogP contribution in [0.15, 0.2) is 18.2 Å². The van der Waals surface area contributed by atoms with Gasteiger partial charge in [0.2, 0.25) is 12.7 Å². The summed E-state index contributed by atoms with van der Waals surface area (Å²) in [5.74, 6) is 1.72. The molecule has 3 aliphatic rings. The van der Waals surface area contributed by atoms with Crippen LogP contribution in [-0.2, 0) is 16.0 Å². The Balaban J connectivity index is 1.28. The van der Waals surface area contributed by atoms with Crippen LogP contribution in [0.1, 0.15) is 51.0 Å². The number of likely N-dealkylation sites (tertiary alicyclic amines) is 1. The van der Waals surface area contributed by atoms with Crippen LogP contribution in [0.4, 0.5) is 0 Å². The van der Waals surface area contributed by atoms with E-state index in [9.17, 15) is 9.90 Å². The van der Waals surface area contributed by atoms with E-state index in [4.69, 9.17) is 14.2 Å². The number of aryl methyl sites for hydroxylation is 1. The minimum Gasteiger partial charge on any atom is -0.454 e. The monoisotopic (exact) mass is 375 g/mol. The number of nitrogens with zero attached hydrogens (tertiary/aromatic N) is 1. The van der Waals surface area contributed by atoms with Gasteiger partial charge >= 0.3 is 0 Å². The van der Waals surface area contributed by atoms with Crippen molar-refractivity contribution in [1.82, 2.24) is 4.90 Å². The molecule has 1 N–H and O–H groups in total. The number of carbonyl (C=O) groups is 1. The molecule has 0 bridgehead atoms. The Labute approximate surface area is 160 Å². The summed E-state index contributed by atoms with van der Waals surface area (Å²) in [5.41, 5.74) is 0.845. The fourth-order valence-electron chi connectivity index (χ4n) is 4.51. The molecule has 1 spiro atoms. The number of carbonyl (C=O) groups excluding carboxylic acids is 1. The summed E-state index contributed by atoms with van der Waals surface area (Å²) in [6, 6.07) is 5.86. The Hall–Kier alpha value is -1.79. The van der Waals surface area contributed by atoms with E-state index in [0.29, 0.717) is 32.4 Å². The van der Waals surface area contributed by atoms with E-state index in [0.717, 1.165) is 42.7 Å². The van der Waals surface area contributed by atoms with Crippen LogP contribution in [0, 0.1) is 0 Å². The SMILES string of the molecule is CC[C@H]1C[C@@H](O)CC2(CCN(C(=O)CCc3ccc4c(c3)OCO4)CC2)O1. The summed E-state index contributed by atoms with van der Waals surface area (Å²) in [5, 5.41) is 10.2. The van der Waals surface area contributed by atoms with Crippen LogP contribution in [0.2, 0.25) is 0 Å². The van der Waals surface area contributed by atoms with Crippen molar-refractivity contribution in [2.75, 3.05) is 19.9 Å². The van der Waals surface area contributed by atoms with Crippen molar-refractivity contribution in [3.8, 4) is 11.5 Å². The lowest BCUT2D eigenvalue weighted by atomic mass is 9.81. The number of piperidine rings is 1. The molecular weight excluding hydrogens is 346 g/mol. The topological polar surface area (TPSA) is 68.2 Å². The number of amides is 1. The highest BCUT2D eigenvalue weighted by molar-refractivity contribution is 5.76. The molecule has 3 heterocycles. The molecule has 0 saturated carbocycles. The highest BCUT2D eigenvalue weighted by Crippen LogP contribution is 2.38. The molecule has 148 valence electrons. The fourth-order valence-corrected chi connectivity index (χ4v) is 4.51. The number of benzene rings is 1. The van der Waals surface area contributed by atoms with Crippen LogP contribution in [0.5, 0.6) is 11.5 Å². The zero-order chi connectivity index (χ0) is 18.9. The first-order valence-electron chi connectivity index (χ1n) is 10.1. The molecule has 2 saturated heterocycles. The lowest BCUT2D eigenvalue weighted by molar-refractivity contribution is -0.183. The minimum atomic E-state index is -0.281. The summed E-state index contributed by atoms with van der Waals surface area (Å²) in [7, 11) is 0. The van der Waals surface area contributed by atoms with E-state index in [-0.39, 0.29) is 30.5 Å². The summed E-state index contributed by atoms with van der Waals surface area (Å²) < 4.78 is 17.0. The van der Waals surface area contributed by atoms with Gasteiger partial charge in [0.05, 0.1) is 17.8 Å². The molecule has 6 heteroatoms. The normalized spacial score (nSPS) is 26.4. The van der Waals surface area contributed by atoms with Gasteiger partial charge in [-0.1, -0.05) is 13.0 Å². The Bertz CT molecular complexity index is 683. The second-order valence-corrected chi connectivity index (χ2v) is 7.99. The van der Waals surface area contributed by atoms with Gasteiger partial charge in [0.15, 0.2) is 11.5 Å². The van der Waals surface area contributed by atoms with Gasteiger partial charge < -0.3 is 24.2 Å². The fraction of sp³-hybridized carbons (Fsp3) is 0.667. The van der Waals surface area contributed by atoms with Gasteiger partial charge in [-0.05, 0) is 49.8 Å². The van der Waals surface area contributed by atoms with Gasteiger partial charge in [-0.25, -0.2) is 0 Å². The number of fused-ring (bicyclic) bond motifs is 1. The molecule has 0 aliphatic carbocycles. The first kappa shape index (κ1) is 18.6. The molecule has 4 rings (SSSR count). The molecule has 1 amide bonds. The molecular formula is C21H29NO5. The molecule has 0 aromatic heterocycles. The van der Waals surface area contributed by atoms with E-state index >= 15 is 0 Å². The van der Waals surface area contributed by atoms with E-state index in [1.807, 2.05) is 23.1 Å². The van der Waals surface area contributed by atoms with Crippen molar-refractivity contribution in [3.05, 3.63) is 23.8 Å². The number of ether oxygens (including phenoxy) is 3. The summed E-state index contributed by atoms with van der Waals surface area (Å²) in [4.78, 5) is 14.6. The van der Waals surface area contributed by atoms with E-state index in [2.05, 4.69) is 6.92 Å². The van der Waals surface area contributed by atoms with Crippen molar-refractivity contribution < 1.29 is 24.1 Å². The molecule has 0 unspecified atom stereocenters. The van der Waals surface area contributed by atoms with Gasteiger partial charge in [0.25, 0.3) is 0 Å². The van der Waals surface area contributed by atoms with Gasteiger partial charge in [-0.3, -0.25) is 4.79 Å². The standard InChI is InChI=1S/C21H29NO5/c1-2-17-12-16(23)13-21(27-17)7-9-22(10-8-21)20(24)6-4-15-3-5-18-19(11-15)26-14-25-18/h3,5,11,16-17,23H,2,4,6-10,12-14H2,1H3/t16-,17+/m1/s1. The molecule has 1 aromatic rings. The van der Waals surface area contributed by atoms with Crippen LogP contribution < -0.4 is 9.47 Å². The van der Waals surface area contributed by atoms with Gasteiger partial charge in [-0.2, -0.15) is 0 Å². The van der Waals surface area contributed by atoms with Crippen LogP contribution in [0.3, 0.4) is 0 Å². The predicted molar refractivity (Wildman–Crippen MR) is 99.8 cm³/mol. The second kappa shape index (κ2) is 7.68. The van der Waals surface area contributed by atoms with Crippen molar-refractivity contribution in [2.24, 2.45) is 0 Å². The highest BCUT2D eigenvalue weighted by atomic mass is 16.7. The smallest absolute Gasteiger partial charge is 0.231 e. The van der Waals surface area contributed by atoms with Crippen molar-refractivity contribution in [2.45, 2.75) is 69.7 Å². The summed E-state index contributed by atoms with van der Waals surface area (Å²) in [6.45, 7) is 3.79. The zero-order valence-electron chi connectivity index (χ0n) is 16.0. The van der Waals surface area contributed by atoms with Crippen molar-refractivity contribution in [1.29, 1.82) is 0 Å². The quantitative estimate of drug-likeness (QED) is 0.876. The third-order valence-electron chi connectivity index (χ3n) is 6.11. The minimum absolute atomic E-state index is 0.141. The predicted octanol–water partition coefficient (Wildman–Crippen LogP) is 2.66. The third kappa shape index (κ3) is 4.06. The van der Waals surface area contributed by atoms with E-state index in [1.165, 1.54) is 0 Å². The Morgan fingerprint density at radius 3 is 2.81 bits per heavy atom. The van der Waals surface area contributed by atoms with Gasteiger partial charge in [0, 0.05) is 25.9 Å². The molecule has 0 radical (unpaired) electrons. The molecule has 2 fully saturated rings. The molecule has 2 atom stereocenters. The molecule has 6 nitrogen and oxygen atoms in total. The number of hydrogen-bond acceptors (Lipinski definition) is 5. The van der Waals surface area contributed by atoms with Gasteiger partial charge in [-0.15, -0.1) is 0 Å². The van der Waals surface area contributed by atoms with Crippen LogP contribution in [0.25, 0.3) is 0 Å². The van der Waals surface area contributed by atoms with E-state index < -0.39 is 0 Å². The zero-order valence-corrected chi connectivity index (χ0v) is 16.0. The Morgan fingerprint density at radius 1 is 1.26 bits per heavy atom. The molecule has 27 heavy (non-hydrogen) atoms. The summed E-state index contributed by atoms with van der Waals surface area (Å²) in [6.07, 6.45) is 5.04. The largest absolute Gasteiger partial charge is 0.454 e. The third-order valence-corrected chi connectivity index (χ3v) is 6.11. The number of rotatable bonds is 4. The highest BCUT2D eigenvalue weighted by Gasteiger charge is 2.43. The average molecular weight is 375 g/mol. The number of hydrogen-bond donors (Lipinski definition) is 1. The lowest BCUT2D eigenvalue weighted by Gasteiger charge is -2.48. The van der Waals surface area contributed by atoms with Crippen LogP contribution in [-0.4, -0.2) is 53.6 Å². The maximum Gasteiger partial charge on any atom is 0.231 e. The average Bonchev–Trinajstić information content (AvgIpc) is 3.14. The van der Waals surface area contributed by atoms with E-state index in [1.54, 1.807) is 0 Å². The first-order chi connectivity index (χ1) is 13.1. The van der Waals surface area contributed by atoms with Gasteiger partial charge in [0.1, 0.15) is 0 Å². The van der Waals surface area contributed by atoms with Crippen molar-refractivity contribution >= 4 is 5.91 Å². The number of aliphatic hydroxyl groups excluding tert-OH is 1. The Morgan fingerprint density at radius 2 is 2.04 bits per heavy atom.